The van der Waals surface area contributed by atoms with E-state index in [1.807, 2.05) is 37.3 Å². The van der Waals surface area contributed by atoms with Crippen LogP contribution in [-0.2, 0) is 14.9 Å². The molecule has 0 radical (unpaired) electrons. The SMILES string of the molecule is CCCCC(CC)NC(=O)C(C)(c1ccccc1)C1CNC(=O)O1. The standard InChI is InChI=1S/C19H28N2O3/c1-4-6-12-15(5-2)21-17(22)19(3,14-10-8-7-9-11-14)16-13-20-18(23)24-16/h7-11,15-16H,4-6,12-13H2,1-3H3,(H,20,23)(H,21,22). The molecule has 2 N–H and O–H groups in total. The summed E-state index contributed by atoms with van der Waals surface area (Å²) in [4.78, 5) is 24.7. The molecule has 1 aromatic rings. The fourth-order valence-corrected chi connectivity index (χ4v) is 3.12. The van der Waals surface area contributed by atoms with Crippen molar-refractivity contribution in [3.05, 3.63) is 35.9 Å². The van der Waals surface area contributed by atoms with Crippen LogP contribution in [0.25, 0.3) is 0 Å². The van der Waals surface area contributed by atoms with E-state index in [1.54, 1.807) is 0 Å². The van der Waals surface area contributed by atoms with E-state index in [-0.39, 0.29) is 11.9 Å². The number of rotatable bonds is 8. The predicted octanol–water partition coefficient (Wildman–Crippen LogP) is 3.14. The Balaban J connectivity index is 2.25. The highest BCUT2D eigenvalue weighted by Crippen LogP contribution is 2.32. The van der Waals surface area contributed by atoms with Crippen molar-refractivity contribution in [2.75, 3.05) is 6.54 Å². The van der Waals surface area contributed by atoms with Crippen molar-refractivity contribution in [2.45, 2.75) is 64.0 Å². The molecule has 2 amide bonds. The lowest BCUT2D eigenvalue weighted by molar-refractivity contribution is -0.130. The van der Waals surface area contributed by atoms with E-state index < -0.39 is 17.6 Å². The Labute approximate surface area is 144 Å². The molecule has 1 aliphatic rings. The first-order valence-corrected chi connectivity index (χ1v) is 8.83. The Hall–Kier alpha value is -2.04. The lowest BCUT2D eigenvalue weighted by Crippen LogP contribution is -2.53. The minimum atomic E-state index is -0.917. The maximum Gasteiger partial charge on any atom is 0.407 e. The van der Waals surface area contributed by atoms with E-state index in [0.717, 1.165) is 31.2 Å². The van der Waals surface area contributed by atoms with Crippen molar-refractivity contribution in [3.8, 4) is 0 Å². The number of unbranched alkanes of at least 4 members (excludes halogenated alkanes) is 1. The topological polar surface area (TPSA) is 67.4 Å². The van der Waals surface area contributed by atoms with Gasteiger partial charge in [0.05, 0.1) is 6.54 Å². The normalized spacial score (nSPS) is 20.6. The number of amides is 2. The van der Waals surface area contributed by atoms with Crippen molar-refractivity contribution in [1.29, 1.82) is 0 Å². The number of ether oxygens (including phenoxy) is 1. The maximum absolute atomic E-state index is 13.2. The number of nitrogens with one attached hydrogen (secondary N) is 2. The minimum Gasteiger partial charge on any atom is -0.443 e. The molecule has 3 atom stereocenters. The molecule has 1 aromatic carbocycles. The van der Waals surface area contributed by atoms with E-state index in [1.165, 1.54) is 0 Å². The summed E-state index contributed by atoms with van der Waals surface area (Å²) in [6, 6.07) is 9.69. The third kappa shape index (κ3) is 3.89. The molecular weight excluding hydrogens is 304 g/mol. The number of carbonyl (C=O) groups is 2. The summed E-state index contributed by atoms with van der Waals surface area (Å²) in [5, 5.41) is 5.83. The van der Waals surface area contributed by atoms with Crippen LogP contribution >= 0.6 is 0 Å². The molecule has 132 valence electrons. The summed E-state index contributed by atoms with van der Waals surface area (Å²) in [6.45, 7) is 6.42. The van der Waals surface area contributed by atoms with E-state index in [9.17, 15) is 9.59 Å². The molecule has 0 aromatic heterocycles. The second-order valence-electron chi connectivity index (χ2n) is 6.56. The summed E-state index contributed by atoms with van der Waals surface area (Å²) < 4.78 is 5.39. The van der Waals surface area contributed by atoms with Crippen LogP contribution in [0.5, 0.6) is 0 Å². The molecule has 1 aliphatic heterocycles. The van der Waals surface area contributed by atoms with Gasteiger partial charge in [-0.3, -0.25) is 4.79 Å². The summed E-state index contributed by atoms with van der Waals surface area (Å²) in [6.07, 6.45) is 3.06. The minimum absolute atomic E-state index is 0.0850. The van der Waals surface area contributed by atoms with Gasteiger partial charge in [-0.15, -0.1) is 0 Å². The zero-order valence-corrected chi connectivity index (χ0v) is 14.8. The van der Waals surface area contributed by atoms with Gasteiger partial charge in [0.25, 0.3) is 0 Å². The fourth-order valence-electron chi connectivity index (χ4n) is 3.12. The number of hydrogen-bond acceptors (Lipinski definition) is 3. The Bertz CT molecular complexity index is 561. The van der Waals surface area contributed by atoms with E-state index in [2.05, 4.69) is 24.5 Å². The smallest absolute Gasteiger partial charge is 0.407 e. The van der Waals surface area contributed by atoms with Gasteiger partial charge in [-0.2, -0.15) is 0 Å². The molecule has 3 unspecified atom stereocenters. The second-order valence-corrected chi connectivity index (χ2v) is 6.56. The van der Waals surface area contributed by atoms with Crippen molar-refractivity contribution >= 4 is 12.0 Å². The highest BCUT2D eigenvalue weighted by molar-refractivity contribution is 5.89. The van der Waals surface area contributed by atoms with Crippen LogP contribution < -0.4 is 10.6 Å². The first-order valence-electron chi connectivity index (χ1n) is 8.83. The molecule has 2 rings (SSSR count). The zero-order valence-electron chi connectivity index (χ0n) is 14.8. The van der Waals surface area contributed by atoms with Gasteiger partial charge >= 0.3 is 6.09 Å². The Morgan fingerprint density at radius 2 is 2.08 bits per heavy atom. The van der Waals surface area contributed by atoms with Crippen molar-refractivity contribution < 1.29 is 14.3 Å². The van der Waals surface area contributed by atoms with Crippen molar-refractivity contribution in [3.63, 3.8) is 0 Å². The van der Waals surface area contributed by atoms with Crippen LogP contribution in [0.4, 0.5) is 4.79 Å². The highest BCUT2D eigenvalue weighted by atomic mass is 16.6. The molecule has 0 bridgehead atoms. The van der Waals surface area contributed by atoms with Crippen LogP contribution in [0.15, 0.2) is 30.3 Å². The molecule has 0 spiro atoms. The van der Waals surface area contributed by atoms with Crippen molar-refractivity contribution in [2.24, 2.45) is 0 Å². The van der Waals surface area contributed by atoms with E-state index >= 15 is 0 Å². The van der Waals surface area contributed by atoms with Crippen LogP contribution in [0.2, 0.25) is 0 Å². The molecule has 1 heterocycles. The van der Waals surface area contributed by atoms with Gasteiger partial charge < -0.3 is 15.4 Å². The fraction of sp³-hybridized carbons (Fsp3) is 0.579. The highest BCUT2D eigenvalue weighted by Gasteiger charge is 2.48. The van der Waals surface area contributed by atoms with Gasteiger partial charge in [0, 0.05) is 6.04 Å². The Kier molecular flexibility index (Phi) is 6.23. The van der Waals surface area contributed by atoms with Gasteiger partial charge in [0.15, 0.2) is 0 Å². The molecule has 0 aliphatic carbocycles. The molecule has 1 saturated heterocycles. The average Bonchev–Trinajstić information content (AvgIpc) is 3.05. The number of cyclic esters (lactones) is 1. The van der Waals surface area contributed by atoms with Gasteiger partial charge in [0.1, 0.15) is 11.5 Å². The quantitative estimate of drug-likeness (QED) is 0.768. The second kappa shape index (κ2) is 8.18. The first-order chi connectivity index (χ1) is 11.5. The van der Waals surface area contributed by atoms with Gasteiger partial charge in [-0.05, 0) is 25.3 Å². The third-order valence-electron chi connectivity index (χ3n) is 4.90. The Morgan fingerprint density at radius 1 is 1.38 bits per heavy atom. The number of alkyl carbamates (subject to hydrolysis) is 1. The zero-order chi connectivity index (χ0) is 17.6. The number of hydrogen-bond donors (Lipinski definition) is 2. The van der Waals surface area contributed by atoms with Gasteiger partial charge in [-0.1, -0.05) is 57.0 Å². The number of carbonyl (C=O) groups excluding carboxylic acids is 2. The predicted molar refractivity (Wildman–Crippen MR) is 93.8 cm³/mol. The summed E-state index contributed by atoms with van der Waals surface area (Å²) >= 11 is 0. The van der Waals surface area contributed by atoms with Gasteiger partial charge in [-0.25, -0.2) is 4.79 Å². The lowest BCUT2D eigenvalue weighted by atomic mass is 9.76. The summed E-state index contributed by atoms with van der Waals surface area (Å²) in [7, 11) is 0. The number of benzene rings is 1. The van der Waals surface area contributed by atoms with Crippen LogP contribution in [0.1, 0.15) is 52.0 Å². The largest absolute Gasteiger partial charge is 0.443 e. The summed E-state index contributed by atoms with van der Waals surface area (Å²) in [5.74, 6) is -0.0850. The molecule has 24 heavy (non-hydrogen) atoms. The van der Waals surface area contributed by atoms with Crippen LogP contribution in [0.3, 0.4) is 0 Å². The third-order valence-corrected chi connectivity index (χ3v) is 4.90. The molecular formula is C19H28N2O3. The van der Waals surface area contributed by atoms with E-state index in [0.29, 0.717) is 6.54 Å². The first kappa shape index (κ1) is 18.3. The maximum atomic E-state index is 13.2. The van der Waals surface area contributed by atoms with E-state index in [4.69, 9.17) is 4.74 Å². The van der Waals surface area contributed by atoms with Gasteiger partial charge in [0.2, 0.25) is 5.91 Å². The monoisotopic (exact) mass is 332 g/mol. The average molecular weight is 332 g/mol. The van der Waals surface area contributed by atoms with Crippen molar-refractivity contribution in [1.82, 2.24) is 10.6 Å². The van der Waals surface area contributed by atoms with Crippen LogP contribution in [0, 0.1) is 0 Å². The molecule has 5 heteroatoms. The summed E-state index contributed by atoms with van der Waals surface area (Å²) in [5.41, 5.74) is -0.0607. The van der Waals surface area contributed by atoms with Crippen LogP contribution in [-0.4, -0.2) is 30.7 Å². The lowest BCUT2D eigenvalue weighted by Gasteiger charge is -2.34. The Morgan fingerprint density at radius 3 is 2.62 bits per heavy atom. The molecule has 0 saturated carbocycles. The molecule has 5 nitrogen and oxygen atoms in total. The molecule has 1 fully saturated rings.